The lowest BCUT2D eigenvalue weighted by Gasteiger charge is -2.07. The van der Waals surface area contributed by atoms with E-state index in [0.717, 1.165) is 11.1 Å². The van der Waals surface area contributed by atoms with Gasteiger partial charge in [-0.25, -0.2) is 0 Å². The van der Waals surface area contributed by atoms with Gasteiger partial charge >= 0.3 is 5.97 Å². The fraction of sp³-hybridized carbons (Fsp3) is 0.263. The summed E-state index contributed by atoms with van der Waals surface area (Å²) >= 11 is 0. The number of aromatic amines is 1. The van der Waals surface area contributed by atoms with E-state index in [9.17, 15) is 4.79 Å². The van der Waals surface area contributed by atoms with Gasteiger partial charge in [0.15, 0.2) is 0 Å². The molecule has 0 aliphatic heterocycles. The average molecular weight is 324 g/mol. The van der Waals surface area contributed by atoms with Gasteiger partial charge in [0.2, 0.25) is 0 Å². The number of fused-ring (bicyclic) bond motifs is 1. The van der Waals surface area contributed by atoms with Gasteiger partial charge in [0.05, 0.1) is 6.20 Å². The molecule has 2 aromatic heterocycles. The zero-order valence-corrected chi connectivity index (χ0v) is 13.6. The summed E-state index contributed by atoms with van der Waals surface area (Å²) in [4.78, 5) is 19.0. The second-order valence-electron chi connectivity index (χ2n) is 5.62. The molecule has 0 unspecified atom stereocenters. The van der Waals surface area contributed by atoms with Crippen LogP contribution >= 0.6 is 0 Å². The Morgan fingerprint density at radius 2 is 2.17 bits per heavy atom. The third-order valence-electron chi connectivity index (χ3n) is 3.77. The van der Waals surface area contributed by atoms with E-state index < -0.39 is 0 Å². The molecule has 0 fully saturated rings. The second-order valence-corrected chi connectivity index (χ2v) is 5.62. The number of pyridine rings is 1. The van der Waals surface area contributed by atoms with E-state index >= 15 is 0 Å². The van der Waals surface area contributed by atoms with Crippen LogP contribution < -0.4 is 4.74 Å². The van der Waals surface area contributed by atoms with Crippen LogP contribution in [0.1, 0.15) is 17.5 Å². The normalized spacial score (nSPS) is 10.7. The van der Waals surface area contributed by atoms with Crippen molar-refractivity contribution in [3.8, 4) is 5.75 Å². The highest BCUT2D eigenvalue weighted by atomic mass is 16.6. The molecule has 1 aromatic carbocycles. The number of ether oxygens (including phenoxy) is 2. The number of nitrogens with one attached hydrogen (secondary N) is 1. The molecule has 0 saturated carbocycles. The Kier molecular flexibility index (Phi) is 5.11. The van der Waals surface area contributed by atoms with Gasteiger partial charge < -0.3 is 14.5 Å². The maximum absolute atomic E-state index is 11.9. The van der Waals surface area contributed by atoms with Crippen LogP contribution in [0.4, 0.5) is 0 Å². The van der Waals surface area contributed by atoms with Gasteiger partial charge in [0.25, 0.3) is 0 Å². The minimum Gasteiger partial charge on any atom is -0.488 e. The van der Waals surface area contributed by atoms with Crippen LogP contribution in [-0.4, -0.2) is 29.2 Å². The number of nitrogens with zero attached hydrogens (tertiary/aromatic N) is 1. The molecule has 5 heteroatoms. The summed E-state index contributed by atoms with van der Waals surface area (Å²) in [7, 11) is 0. The number of carbonyl (C=O) groups is 1. The molecule has 0 atom stereocenters. The Labute approximate surface area is 140 Å². The zero-order chi connectivity index (χ0) is 16.8. The summed E-state index contributed by atoms with van der Waals surface area (Å²) in [5, 5.41) is 1.17. The van der Waals surface area contributed by atoms with Crippen LogP contribution in [0, 0.1) is 6.92 Å². The molecule has 0 aliphatic carbocycles. The number of aryl methyl sites for hydroxylation is 2. The van der Waals surface area contributed by atoms with Crippen molar-refractivity contribution in [1.82, 2.24) is 9.97 Å². The van der Waals surface area contributed by atoms with Gasteiger partial charge in [0.1, 0.15) is 19.0 Å². The van der Waals surface area contributed by atoms with Gasteiger partial charge in [-0.2, -0.15) is 0 Å². The first-order valence-electron chi connectivity index (χ1n) is 7.97. The zero-order valence-electron chi connectivity index (χ0n) is 13.6. The number of benzene rings is 1. The maximum atomic E-state index is 11.9. The first-order chi connectivity index (χ1) is 11.7. The van der Waals surface area contributed by atoms with E-state index in [1.807, 2.05) is 12.3 Å². The summed E-state index contributed by atoms with van der Waals surface area (Å²) in [6.07, 6.45) is 6.28. The van der Waals surface area contributed by atoms with E-state index in [1.54, 1.807) is 18.5 Å². The van der Waals surface area contributed by atoms with Crippen LogP contribution in [0.15, 0.2) is 48.9 Å². The summed E-state index contributed by atoms with van der Waals surface area (Å²) < 4.78 is 10.6. The predicted molar refractivity (Wildman–Crippen MR) is 92.0 cm³/mol. The molecule has 3 aromatic rings. The van der Waals surface area contributed by atoms with E-state index in [1.165, 1.54) is 10.9 Å². The first-order valence-corrected chi connectivity index (χ1v) is 7.97. The molecule has 1 N–H and O–H groups in total. The third kappa shape index (κ3) is 4.13. The molecule has 0 aliphatic rings. The molecule has 2 heterocycles. The fourth-order valence-electron chi connectivity index (χ4n) is 2.56. The van der Waals surface area contributed by atoms with Crippen molar-refractivity contribution in [2.24, 2.45) is 0 Å². The molecule has 24 heavy (non-hydrogen) atoms. The van der Waals surface area contributed by atoms with Gasteiger partial charge in [0, 0.05) is 29.7 Å². The van der Waals surface area contributed by atoms with Crippen molar-refractivity contribution >= 4 is 16.9 Å². The van der Waals surface area contributed by atoms with Crippen molar-refractivity contribution < 1.29 is 14.3 Å². The van der Waals surface area contributed by atoms with Gasteiger partial charge in [-0.1, -0.05) is 11.6 Å². The van der Waals surface area contributed by atoms with Crippen LogP contribution in [0.25, 0.3) is 10.9 Å². The maximum Gasteiger partial charge on any atom is 0.306 e. The third-order valence-corrected chi connectivity index (χ3v) is 3.77. The molecular formula is C19H20N2O3. The average Bonchev–Trinajstić information content (AvgIpc) is 3.00. The molecule has 0 saturated heterocycles. The van der Waals surface area contributed by atoms with Gasteiger partial charge in [-0.05, 0) is 43.2 Å². The molecular weight excluding hydrogens is 304 g/mol. The fourth-order valence-corrected chi connectivity index (χ4v) is 2.56. The number of H-pyrrole nitrogens is 1. The largest absolute Gasteiger partial charge is 0.488 e. The van der Waals surface area contributed by atoms with Crippen molar-refractivity contribution in [1.29, 1.82) is 0 Å². The smallest absolute Gasteiger partial charge is 0.306 e. The van der Waals surface area contributed by atoms with E-state index in [2.05, 4.69) is 35.1 Å². The highest BCUT2D eigenvalue weighted by Gasteiger charge is 2.08. The number of rotatable bonds is 7. The number of aromatic nitrogens is 2. The summed E-state index contributed by atoms with van der Waals surface area (Å²) in [6, 6.07) is 9.87. The van der Waals surface area contributed by atoms with Gasteiger partial charge in [-0.15, -0.1) is 0 Å². The van der Waals surface area contributed by atoms with Crippen LogP contribution in [-0.2, 0) is 16.0 Å². The number of hydrogen-bond donors (Lipinski definition) is 1. The lowest BCUT2D eigenvalue weighted by molar-refractivity contribution is -0.144. The van der Waals surface area contributed by atoms with E-state index in [0.29, 0.717) is 25.2 Å². The number of esters is 1. The molecule has 5 nitrogen and oxygen atoms in total. The minimum absolute atomic E-state index is 0.216. The minimum atomic E-state index is -0.216. The number of hydrogen-bond acceptors (Lipinski definition) is 4. The van der Waals surface area contributed by atoms with Crippen LogP contribution in [0.3, 0.4) is 0 Å². The second kappa shape index (κ2) is 7.64. The molecule has 0 bridgehead atoms. The monoisotopic (exact) mass is 324 g/mol. The Morgan fingerprint density at radius 1 is 1.25 bits per heavy atom. The standard InChI is InChI=1S/C19H20N2O3/c1-14-4-6-18-17(11-14)15(12-21-18)5-7-19(22)24-10-9-23-16-3-2-8-20-13-16/h2-4,6,8,11-13,21H,5,7,9-10H2,1H3. The van der Waals surface area contributed by atoms with Crippen molar-refractivity contribution in [3.05, 3.63) is 60.0 Å². The van der Waals surface area contributed by atoms with Gasteiger partial charge in [-0.3, -0.25) is 9.78 Å². The van der Waals surface area contributed by atoms with Crippen molar-refractivity contribution in [2.45, 2.75) is 19.8 Å². The molecule has 0 amide bonds. The lowest BCUT2D eigenvalue weighted by Crippen LogP contribution is -2.12. The van der Waals surface area contributed by atoms with E-state index in [4.69, 9.17) is 9.47 Å². The van der Waals surface area contributed by atoms with Crippen molar-refractivity contribution in [3.63, 3.8) is 0 Å². The van der Waals surface area contributed by atoms with Crippen molar-refractivity contribution in [2.75, 3.05) is 13.2 Å². The van der Waals surface area contributed by atoms with Crippen LogP contribution in [0.5, 0.6) is 5.75 Å². The van der Waals surface area contributed by atoms with E-state index in [-0.39, 0.29) is 12.6 Å². The molecule has 0 radical (unpaired) electrons. The Bertz CT molecular complexity index is 812. The Hall–Kier alpha value is -2.82. The Morgan fingerprint density at radius 3 is 3.00 bits per heavy atom. The lowest BCUT2D eigenvalue weighted by atomic mass is 10.1. The predicted octanol–water partition coefficient (Wildman–Crippen LogP) is 3.43. The Balaban J connectivity index is 1.43. The highest BCUT2D eigenvalue weighted by molar-refractivity contribution is 5.84. The number of carbonyl (C=O) groups excluding carboxylic acids is 1. The topological polar surface area (TPSA) is 64.2 Å². The SMILES string of the molecule is Cc1ccc2[nH]cc(CCC(=O)OCCOc3cccnc3)c2c1. The summed E-state index contributed by atoms with van der Waals surface area (Å²) in [5.41, 5.74) is 3.43. The molecule has 124 valence electrons. The summed E-state index contributed by atoms with van der Waals surface area (Å²) in [6.45, 7) is 2.62. The highest BCUT2D eigenvalue weighted by Crippen LogP contribution is 2.21. The molecule has 0 spiro atoms. The molecule has 3 rings (SSSR count). The van der Waals surface area contributed by atoms with Crippen LogP contribution in [0.2, 0.25) is 0 Å². The summed E-state index contributed by atoms with van der Waals surface area (Å²) in [5.74, 6) is 0.453. The quantitative estimate of drug-likeness (QED) is 0.534. The first kappa shape index (κ1) is 16.1.